The number of anilines is 1. The lowest BCUT2D eigenvalue weighted by molar-refractivity contribution is 0.570. The summed E-state index contributed by atoms with van der Waals surface area (Å²) in [5, 5.41) is 12.9. The molecule has 0 bridgehead atoms. The third kappa shape index (κ3) is 3.52. The van der Waals surface area contributed by atoms with Gasteiger partial charge in [-0.3, -0.25) is 0 Å². The van der Waals surface area contributed by atoms with Crippen LogP contribution in [0, 0.1) is 23.0 Å². The number of rotatable bonds is 3. The molecule has 1 atom stereocenters. The highest BCUT2D eigenvalue weighted by atomic mass is 79.9. The molecule has 2 nitrogen and oxygen atoms in total. The lowest BCUT2D eigenvalue weighted by Gasteiger charge is -2.25. The zero-order valence-corrected chi connectivity index (χ0v) is 13.3. The lowest BCUT2D eigenvalue weighted by atomic mass is 9.93. The number of benzene rings is 2. The summed E-state index contributed by atoms with van der Waals surface area (Å²) in [6.07, 6.45) is 0. The van der Waals surface area contributed by atoms with Crippen molar-refractivity contribution in [1.29, 1.82) is 5.26 Å². The molecule has 2 aromatic carbocycles. The first-order chi connectivity index (χ1) is 9.84. The second-order valence-electron chi connectivity index (χ2n) is 4.65. The van der Waals surface area contributed by atoms with Crippen molar-refractivity contribution in [3.05, 3.63) is 63.1 Å². The number of hydrogen-bond acceptors (Lipinski definition) is 2. The first-order valence-electron chi connectivity index (χ1n) is 5.95. The molecule has 1 unspecified atom stereocenters. The molecule has 6 heteroatoms. The van der Waals surface area contributed by atoms with E-state index in [1.807, 2.05) is 6.07 Å². The quantitative estimate of drug-likeness (QED) is 0.802. The third-order valence-corrected chi connectivity index (χ3v) is 4.19. The van der Waals surface area contributed by atoms with Crippen LogP contribution in [0.3, 0.4) is 0 Å². The molecule has 0 aromatic heterocycles. The van der Waals surface area contributed by atoms with Gasteiger partial charge in [0.2, 0.25) is 0 Å². The minimum absolute atomic E-state index is 0.202. The summed E-state index contributed by atoms with van der Waals surface area (Å²) in [5.41, 5.74) is -0.482. The van der Waals surface area contributed by atoms with E-state index in [1.165, 1.54) is 0 Å². The summed E-state index contributed by atoms with van der Waals surface area (Å²) in [6.45, 7) is 1.55. The Balaban J connectivity index is 2.41. The van der Waals surface area contributed by atoms with Crippen LogP contribution < -0.4 is 5.32 Å². The molecule has 0 fully saturated rings. The molecule has 2 aromatic rings. The number of nitriles is 1. The van der Waals surface area contributed by atoms with E-state index in [1.54, 1.807) is 25.1 Å². The molecule has 21 heavy (non-hydrogen) atoms. The minimum atomic E-state index is -1.28. The Morgan fingerprint density at radius 2 is 1.81 bits per heavy atom. The molecule has 108 valence electrons. The van der Waals surface area contributed by atoms with Crippen LogP contribution in [0.2, 0.25) is 5.02 Å². The number of nitrogens with one attached hydrogen (secondary N) is 1. The maximum absolute atomic E-state index is 13.3. The summed E-state index contributed by atoms with van der Waals surface area (Å²) in [7, 11) is 0. The fraction of sp³-hybridized carbons (Fsp3) is 0.133. The molecule has 0 aliphatic heterocycles. The van der Waals surface area contributed by atoms with Gasteiger partial charge in [-0.2, -0.15) is 5.26 Å². The van der Waals surface area contributed by atoms with Crippen molar-refractivity contribution >= 4 is 33.2 Å². The highest BCUT2D eigenvalue weighted by Gasteiger charge is 2.27. The van der Waals surface area contributed by atoms with Gasteiger partial charge in [0.05, 0.1) is 11.1 Å². The molecule has 2 rings (SSSR count). The van der Waals surface area contributed by atoms with E-state index >= 15 is 0 Å². The van der Waals surface area contributed by atoms with Gasteiger partial charge >= 0.3 is 0 Å². The van der Waals surface area contributed by atoms with Crippen LogP contribution in [0.25, 0.3) is 0 Å². The van der Waals surface area contributed by atoms with Gasteiger partial charge in [0, 0.05) is 16.2 Å². The molecule has 0 amide bonds. The highest BCUT2D eigenvalue weighted by Crippen LogP contribution is 2.30. The first kappa shape index (κ1) is 15.7. The maximum Gasteiger partial charge on any atom is 0.148 e. The number of nitrogens with zero attached hydrogens (tertiary/aromatic N) is 1. The molecular formula is C15H10BrClF2N2. The zero-order valence-electron chi connectivity index (χ0n) is 10.9. The molecular weight excluding hydrogens is 362 g/mol. The predicted molar refractivity (Wildman–Crippen MR) is 82.1 cm³/mol. The molecule has 0 heterocycles. The van der Waals surface area contributed by atoms with Gasteiger partial charge < -0.3 is 5.32 Å². The fourth-order valence-electron chi connectivity index (χ4n) is 1.87. The molecule has 0 radical (unpaired) electrons. The monoisotopic (exact) mass is 370 g/mol. The standard InChI is InChI=1S/C15H10BrClF2N2/c1-15(8-20,9-4-10(18)6-11(19)5-9)21-12-2-3-14(17)13(16)7-12/h2-7,21H,1H3. The van der Waals surface area contributed by atoms with Crippen molar-refractivity contribution in [3.8, 4) is 6.07 Å². The van der Waals surface area contributed by atoms with Gasteiger partial charge in [-0.25, -0.2) is 8.78 Å². The van der Waals surface area contributed by atoms with Gasteiger partial charge in [0.25, 0.3) is 0 Å². The van der Waals surface area contributed by atoms with Gasteiger partial charge in [-0.15, -0.1) is 0 Å². The van der Waals surface area contributed by atoms with Gasteiger partial charge in [-0.05, 0) is 58.7 Å². The number of halogens is 4. The molecule has 0 spiro atoms. The Kier molecular flexibility index (Phi) is 4.50. The first-order valence-corrected chi connectivity index (χ1v) is 7.12. The van der Waals surface area contributed by atoms with E-state index in [4.69, 9.17) is 11.6 Å². The molecule has 0 saturated heterocycles. The predicted octanol–water partition coefficient (Wildman–Crippen LogP) is 5.23. The van der Waals surface area contributed by atoms with E-state index in [9.17, 15) is 14.0 Å². The second kappa shape index (κ2) is 6.00. The van der Waals surface area contributed by atoms with E-state index in [-0.39, 0.29) is 5.56 Å². The summed E-state index contributed by atoms with van der Waals surface area (Å²) >= 11 is 9.19. The van der Waals surface area contributed by atoms with Gasteiger partial charge in [0.15, 0.2) is 0 Å². The van der Waals surface area contributed by atoms with Crippen LogP contribution in [0.5, 0.6) is 0 Å². The topological polar surface area (TPSA) is 35.8 Å². The van der Waals surface area contributed by atoms with Crippen molar-refractivity contribution in [1.82, 2.24) is 0 Å². The average Bonchev–Trinajstić information content (AvgIpc) is 2.42. The molecule has 0 aliphatic carbocycles. The summed E-state index contributed by atoms with van der Waals surface area (Å²) in [5.74, 6) is -1.46. The zero-order chi connectivity index (χ0) is 15.6. The maximum atomic E-state index is 13.3. The van der Waals surface area contributed by atoms with Crippen molar-refractivity contribution in [3.63, 3.8) is 0 Å². The van der Waals surface area contributed by atoms with Crippen molar-refractivity contribution in [2.45, 2.75) is 12.5 Å². The Bertz CT molecular complexity index is 710. The van der Waals surface area contributed by atoms with Crippen LogP contribution in [0.15, 0.2) is 40.9 Å². The third-order valence-electron chi connectivity index (χ3n) is 2.98. The van der Waals surface area contributed by atoms with E-state index in [0.29, 0.717) is 15.2 Å². The molecule has 0 saturated carbocycles. The van der Waals surface area contributed by atoms with Crippen molar-refractivity contribution in [2.24, 2.45) is 0 Å². The summed E-state index contributed by atoms with van der Waals surface area (Å²) < 4.78 is 27.3. The fourth-order valence-corrected chi connectivity index (χ4v) is 2.37. The van der Waals surface area contributed by atoms with E-state index in [0.717, 1.165) is 18.2 Å². The normalized spacial score (nSPS) is 13.3. The molecule has 1 N–H and O–H groups in total. The van der Waals surface area contributed by atoms with Crippen molar-refractivity contribution in [2.75, 3.05) is 5.32 Å². The summed E-state index contributed by atoms with van der Waals surface area (Å²) in [6, 6.07) is 10.1. The van der Waals surface area contributed by atoms with Crippen LogP contribution in [0.1, 0.15) is 12.5 Å². The smallest absolute Gasteiger partial charge is 0.148 e. The summed E-state index contributed by atoms with van der Waals surface area (Å²) in [4.78, 5) is 0. The molecule has 0 aliphatic rings. The largest absolute Gasteiger partial charge is 0.364 e. The van der Waals surface area contributed by atoms with E-state index < -0.39 is 17.2 Å². The van der Waals surface area contributed by atoms with Crippen LogP contribution >= 0.6 is 27.5 Å². The Morgan fingerprint density at radius 1 is 1.19 bits per heavy atom. The lowest BCUT2D eigenvalue weighted by Crippen LogP contribution is -2.30. The van der Waals surface area contributed by atoms with Gasteiger partial charge in [0.1, 0.15) is 17.2 Å². The second-order valence-corrected chi connectivity index (χ2v) is 5.91. The van der Waals surface area contributed by atoms with Gasteiger partial charge in [-0.1, -0.05) is 11.6 Å². The van der Waals surface area contributed by atoms with E-state index in [2.05, 4.69) is 21.2 Å². The van der Waals surface area contributed by atoms with Crippen LogP contribution in [-0.2, 0) is 5.54 Å². The average molecular weight is 372 g/mol. The Hall–Kier alpha value is -1.64. The minimum Gasteiger partial charge on any atom is -0.364 e. The van der Waals surface area contributed by atoms with Crippen molar-refractivity contribution < 1.29 is 8.78 Å². The highest BCUT2D eigenvalue weighted by molar-refractivity contribution is 9.10. The van der Waals surface area contributed by atoms with Crippen LogP contribution in [0.4, 0.5) is 14.5 Å². The SMILES string of the molecule is CC(C#N)(Nc1ccc(Cl)c(Br)c1)c1cc(F)cc(F)c1. The Morgan fingerprint density at radius 3 is 2.33 bits per heavy atom. The number of hydrogen-bond donors (Lipinski definition) is 1. The Labute approximate surface area is 134 Å². The van der Waals surface area contributed by atoms with Crippen LogP contribution in [-0.4, -0.2) is 0 Å².